The van der Waals surface area contributed by atoms with Crippen molar-refractivity contribution in [2.45, 2.75) is 0 Å². The van der Waals surface area contributed by atoms with Crippen molar-refractivity contribution in [2.75, 3.05) is 10.2 Å². The molecule has 2 heterocycles. The molecule has 0 atom stereocenters. The van der Waals surface area contributed by atoms with E-state index in [0.717, 1.165) is 28.4 Å². The van der Waals surface area contributed by atoms with E-state index in [4.69, 9.17) is 0 Å². The number of thiophene rings is 1. The minimum absolute atomic E-state index is 1.11. The molecule has 8 aromatic carbocycles. The molecule has 9 aromatic rings. The molecule has 230 valence electrons. The summed E-state index contributed by atoms with van der Waals surface area (Å²) in [6.45, 7) is 0. The van der Waals surface area contributed by atoms with Crippen LogP contribution in [-0.4, -0.2) is 0 Å². The summed E-state index contributed by atoms with van der Waals surface area (Å²) >= 11 is 1.89. The molecule has 49 heavy (non-hydrogen) atoms. The Morgan fingerprint density at radius 2 is 0.959 bits per heavy atom. The van der Waals surface area contributed by atoms with Gasteiger partial charge in [0.25, 0.3) is 0 Å². The molecule has 1 aromatic heterocycles. The number of fused-ring (bicyclic) bond motifs is 6. The molecule has 0 radical (unpaired) electrons. The zero-order valence-electron chi connectivity index (χ0n) is 26.6. The molecular weight excluding hydrogens is 613 g/mol. The highest BCUT2D eigenvalue weighted by atomic mass is 32.1. The highest BCUT2D eigenvalue weighted by Gasteiger charge is 2.23. The van der Waals surface area contributed by atoms with Crippen LogP contribution in [0.2, 0.25) is 0 Å². The van der Waals surface area contributed by atoms with E-state index >= 15 is 0 Å². The molecule has 1 aliphatic heterocycles. The third-order valence-electron chi connectivity index (χ3n) is 9.79. The highest BCUT2D eigenvalue weighted by molar-refractivity contribution is 7.26. The van der Waals surface area contributed by atoms with Crippen molar-refractivity contribution in [3.05, 3.63) is 176 Å². The van der Waals surface area contributed by atoms with Crippen molar-refractivity contribution in [2.24, 2.45) is 0 Å². The van der Waals surface area contributed by atoms with Crippen LogP contribution in [0.5, 0.6) is 0 Å². The van der Waals surface area contributed by atoms with Crippen molar-refractivity contribution in [3.63, 3.8) is 0 Å². The fourth-order valence-corrected chi connectivity index (χ4v) is 8.65. The number of rotatable bonds is 5. The maximum Gasteiger partial charge on any atom is 0.0470 e. The first-order valence-electron chi connectivity index (χ1n) is 16.7. The Hall–Kier alpha value is -6.16. The topological polar surface area (TPSA) is 15.3 Å². The van der Waals surface area contributed by atoms with E-state index in [-0.39, 0.29) is 0 Å². The number of hydrogen-bond acceptors (Lipinski definition) is 3. The third kappa shape index (κ3) is 4.62. The Kier molecular flexibility index (Phi) is 6.39. The van der Waals surface area contributed by atoms with Crippen molar-refractivity contribution in [3.8, 4) is 33.4 Å². The number of hydrogen-bond donors (Lipinski definition) is 1. The lowest BCUT2D eigenvalue weighted by molar-refractivity contribution is 1.28. The summed E-state index contributed by atoms with van der Waals surface area (Å²) < 4.78 is 2.67. The van der Waals surface area contributed by atoms with Crippen LogP contribution < -0.4 is 10.2 Å². The zero-order chi connectivity index (χ0) is 32.3. The summed E-state index contributed by atoms with van der Waals surface area (Å²) in [5.41, 5.74) is 12.9. The van der Waals surface area contributed by atoms with Crippen LogP contribution in [0.3, 0.4) is 0 Å². The predicted molar refractivity (Wildman–Crippen MR) is 211 cm³/mol. The molecule has 0 bridgehead atoms. The maximum atomic E-state index is 3.79. The molecule has 0 saturated heterocycles. The van der Waals surface area contributed by atoms with Crippen LogP contribution in [0, 0.1) is 0 Å². The average molecular weight is 643 g/mol. The number of anilines is 5. The van der Waals surface area contributed by atoms with Gasteiger partial charge in [0.2, 0.25) is 0 Å². The first-order chi connectivity index (χ1) is 24.3. The lowest BCUT2D eigenvalue weighted by Crippen LogP contribution is -2.11. The van der Waals surface area contributed by atoms with Crippen LogP contribution in [0.15, 0.2) is 176 Å². The van der Waals surface area contributed by atoms with Gasteiger partial charge in [0.15, 0.2) is 0 Å². The lowest BCUT2D eigenvalue weighted by Gasteiger charge is -2.29. The predicted octanol–water partition coefficient (Wildman–Crippen LogP) is 13.7. The second kappa shape index (κ2) is 11.2. The molecule has 0 saturated carbocycles. The highest BCUT2D eigenvalue weighted by Crippen LogP contribution is 2.51. The summed E-state index contributed by atoms with van der Waals surface area (Å²) in [5, 5.41) is 9.02. The molecule has 0 spiro atoms. The first-order valence-corrected chi connectivity index (χ1v) is 17.5. The van der Waals surface area contributed by atoms with E-state index in [9.17, 15) is 0 Å². The lowest BCUT2D eigenvalue weighted by atomic mass is 9.90. The molecule has 1 N–H and O–H groups in total. The van der Waals surface area contributed by atoms with Crippen molar-refractivity contribution in [1.29, 1.82) is 0 Å². The van der Waals surface area contributed by atoms with Gasteiger partial charge in [-0.05, 0) is 88.5 Å². The largest absolute Gasteiger partial charge is 0.354 e. The van der Waals surface area contributed by atoms with E-state index in [1.165, 1.54) is 64.3 Å². The minimum atomic E-state index is 1.11. The van der Waals surface area contributed by atoms with Crippen LogP contribution in [-0.2, 0) is 0 Å². The van der Waals surface area contributed by atoms with Gasteiger partial charge in [0.05, 0.1) is 0 Å². The van der Waals surface area contributed by atoms with Crippen molar-refractivity contribution in [1.82, 2.24) is 0 Å². The summed E-state index contributed by atoms with van der Waals surface area (Å²) in [5.74, 6) is 0. The molecule has 0 fully saturated rings. The van der Waals surface area contributed by atoms with Gasteiger partial charge < -0.3 is 10.2 Å². The summed E-state index contributed by atoms with van der Waals surface area (Å²) in [7, 11) is 0. The molecular formula is C46H30N2S. The molecule has 0 aliphatic carbocycles. The fourth-order valence-electron chi connectivity index (χ4n) is 7.44. The summed E-state index contributed by atoms with van der Waals surface area (Å²) in [6.07, 6.45) is 0. The average Bonchev–Trinajstić information content (AvgIpc) is 3.55. The van der Waals surface area contributed by atoms with Gasteiger partial charge in [0, 0.05) is 64.9 Å². The first kappa shape index (κ1) is 27.9. The van der Waals surface area contributed by atoms with Crippen LogP contribution in [0.25, 0.3) is 64.3 Å². The Labute approximate surface area is 289 Å². The number of nitrogens with one attached hydrogen (secondary N) is 1. The zero-order valence-corrected chi connectivity index (χ0v) is 27.4. The van der Waals surface area contributed by atoms with E-state index < -0.39 is 0 Å². The van der Waals surface area contributed by atoms with Gasteiger partial charge in [-0.3, -0.25) is 0 Å². The maximum absolute atomic E-state index is 3.79. The second-order valence-corrected chi connectivity index (χ2v) is 13.7. The molecule has 10 rings (SSSR count). The van der Waals surface area contributed by atoms with Crippen LogP contribution in [0.1, 0.15) is 0 Å². The van der Waals surface area contributed by atoms with E-state index in [2.05, 4.69) is 186 Å². The third-order valence-corrected chi connectivity index (χ3v) is 11.0. The number of nitrogens with zero attached hydrogens (tertiary/aromatic N) is 1. The Morgan fingerprint density at radius 3 is 1.63 bits per heavy atom. The molecule has 1 aliphatic rings. The van der Waals surface area contributed by atoms with Crippen LogP contribution >= 0.6 is 11.3 Å². The standard InChI is InChI=1S/C46H30N2S/c1-3-10-30(11-4-1)32-18-22-34(23-19-32)48(35-24-20-33(21-25-35)31-12-5-2-6-13-31)36-26-27-42-39(28-36)40-29-41-37-14-7-8-17-44(37)49-46(41)38-15-9-16-43(47-42)45(38)40/h1-29,47H. The smallest absolute Gasteiger partial charge is 0.0470 e. The summed E-state index contributed by atoms with van der Waals surface area (Å²) in [6, 6.07) is 63.8. The van der Waals surface area contributed by atoms with Crippen molar-refractivity contribution < 1.29 is 0 Å². The Balaban J connectivity index is 1.15. The molecule has 0 amide bonds. The van der Waals surface area contributed by atoms with E-state index in [1.807, 2.05) is 11.3 Å². The van der Waals surface area contributed by atoms with Gasteiger partial charge >= 0.3 is 0 Å². The quantitative estimate of drug-likeness (QED) is 0.201. The van der Waals surface area contributed by atoms with Gasteiger partial charge in [0.1, 0.15) is 0 Å². The van der Waals surface area contributed by atoms with Gasteiger partial charge in [-0.15, -0.1) is 11.3 Å². The number of benzene rings is 8. The molecule has 3 heteroatoms. The second-order valence-electron chi connectivity index (χ2n) is 12.6. The molecule has 0 unspecified atom stereocenters. The summed E-state index contributed by atoms with van der Waals surface area (Å²) in [4.78, 5) is 2.38. The van der Waals surface area contributed by atoms with E-state index in [0.29, 0.717) is 0 Å². The van der Waals surface area contributed by atoms with Crippen molar-refractivity contribution >= 4 is 70.7 Å². The van der Waals surface area contributed by atoms with E-state index in [1.54, 1.807) is 0 Å². The molecule has 2 nitrogen and oxygen atoms in total. The van der Waals surface area contributed by atoms with Crippen LogP contribution in [0.4, 0.5) is 28.4 Å². The van der Waals surface area contributed by atoms with Gasteiger partial charge in [-0.2, -0.15) is 0 Å². The Morgan fingerprint density at radius 1 is 0.388 bits per heavy atom. The normalized spacial score (nSPS) is 11.8. The minimum Gasteiger partial charge on any atom is -0.354 e. The monoisotopic (exact) mass is 642 g/mol. The SMILES string of the molecule is c1ccc(-c2ccc(N(c3ccc(-c4ccccc4)cc3)c3ccc4c(c3)-c3cc5c6ccccc6sc5c5cccc(c35)N4)cc2)cc1. The Bertz CT molecular complexity index is 2570. The van der Waals surface area contributed by atoms with Gasteiger partial charge in [-0.25, -0.2) is 0 Å². The fraction of sp³-hybridized carbons (Fsp3) is 0. The van der Waals surface area contributed by atoms with Gasteiger partial charge in [-0.1, -0.05) is 115 Å².